The summed E-state index contributed by atoms with van der Waals surface area (Å²) in [4.78, 5) is 0. The lowest BCUT2D eigenvalue weighted by molar-refractivity contribution is 0.0995. The fourth-order valence-corrected chi connectivity index (χ4v) is 2.83. The summed E-state index contributed by atoms with van der Waals surface area (Å²) >= 11 is 0. The van der Waals surface area contributed by atoms with Gasteiger partial charge in [-0.1, -0.05) is 13.0 Å². The molecule has 0 saturated carbocycles. The van der Waals surface area contributed by atoms with Crippen LogP contribution >= 0.6 is 0 Å². The van der Waals surface area contributed by atoms with E-state index in [0.717, 1.165) is 57.2 Å². The Morgan fingerprint density at radius 2 is 2.19 bits per heavy atom. The number of nitrogens with one attached hydrogen (secondary N) is 1. The van der Waals surface area contributed by atoms with Crippen LogP contribution in [0.5, 0.6) is 0 Å². The van der Waals surface area contributed by atoms with Crippen LogP contribution in [0.15, 0.2) is 18.2 Å². The molecule has 1 saturated heterocycles. The molecule has 2 atom stereocenters. The van der Waals surface area contributed by atoms with Gasteiger partial charge >= 0.3 is 0 Å². The first-order chi connectivity index (χ1) is 10.2. The Morgan fingerprint density at radius 1 is 1.33 bits per heavy atom. The molecule has 21 heavy (non-hydrogen) atoms. The summed E-state index contributed by atoms with van der Waals surface area (Å²) in [5, 5.41) is 3.50. The summed E-state index contributed by atoms with van der Waals surface area (Å²) in [5.74, 6) is -1.54. The van der Waals surface area contributed by atoms with E-state index in [4.69, 9.17) is 4.74 Å². The summed E-state index contributed by atoms with van der Waals surface area (Å²) in [6, 6.07) is 4.48. The Kier molecular flexibility index (Phi) is 6.58. The van der Waals surface area contributed by atoms with Gasteiger partial charge in [0.05, 0.1) is 6.10 Å². The molecule has 118 valence electrons. The van der Waals surface area contributed by atoms with Crippen molar-refractivity contribution in [3.63, 3.8) is 0 Å². The van der Waals surface area contributed by atoms with Gasteiger partial charge in [0.15, 0.2) is 11.6 Å². The van der Waals surface area contributed by atoms with E-state index in [1.54, 1.807) is 6.07 Å². The summed E-state index contributed by atoms with van der Waals surface area (Å²) in [7, 11) is 0. The Labute approximate surface area is 125 Å². The summed E-state index contributed by atoms with van der Waals surface area (Å²) < 4.78 is 31.9. The van der Waals surface area contributed by atoms with Crippen LogP contribution in [-0.4, -0.2) is 25.3 Å². The van der Waals surface area contributed by atoms with E-state index in [-0.39, 0.29) is 0 Å². The second kappa shape index (κ2) is 8.44. The molecule has 2 nitrogen and oxygen atoms in total. The van der Waals surface area contributed by atoms with Crippen molar-refractivity contribution in [2.75, 3.05) is 13.2 Å². The lowest BCUT2D eigenvalue weighted by Gasteiger charge is -2.20. The van der Waals surface area contributed by atoms with E-state index in [0.29, 0.717) is 12.1 Å². The second-order valence-corrected chi connectivity index (χ2v) is 5.82. The minimum atomic E-state index is -0.781. The van der Waals surface area contributed by atoms with Gasteiger partial charge in [0, 0.05) is 12.6 Å². The third-order valence-electron chi connectivity index (χ3n) is 4.01. The van der Waals surface area contributed by atoms with Crippen LogP contribution in [-0.2, 0) is 11.2 Å². The molecule has 0 spiro atoms. The highest BCUT2D eigenvalue weighted by Gasteiger charge is 2.18. The fraction of sp³-hybridized carbons (Fsp3) is 0.647. The smallest absolute Gasteiger partial charge is 0.159 e. The van der Waals surface area contributed by atoms with Crippen LogP contribution in [0.25, 0.3) is 0 Å². The fourth-order valence-electron chi connectivity index (χ4n) is 2.83. The van der Waals surface area contributed by atoms with Crippen LogP contribution in [0, 0.1) is 11.6 Å². The van der Waals surface area contributed by atoms with Crippen molar-refractivity contribution in [1.29, 1.82) is 0 Å². The van der Waals surface area contributed by atoms with Crippen molar-refractivity contribution in [3.8, 4) is 0 Å². The third-order valence-corrected chi connectivity index (χ3v) is 4.01. The summed E-state index contributed by atoms with van der Waals surface area (Å²) in [5.41, 5.74) is 0.842. The minimum Gasteiger partial charge on any atom is -0.378 e. The lowest BCUT2D eigenvalue weighted by Crippen LogP contribution is -2.32. The number of ether oxygens (including phenoxy) is 1. The van der Waals surface area contributed by atoms with Gasteiger partial charge in [-0.25, -0.2) is 8.78 Å². The first kappa shape index (κ1) is 16.4. The largest absolute Gasteiger partial charge is 0.378 e. The maximum atomic E-state index is 13.3. The monoisotopic (exact) mass is 297 g/mol. The van der Waals surface area contributed by atoms with Crippen LogP contribution in [0.4, 0.5) is 8.78 Å². The molecule has 1 aromatic carbocycles. The van der Waals surface area contributed by atoms with E-state index in [1.165, 1.54) is 12.1 Å². The predicted molar refractivity (Wildman–Crippen MR) is 80.4 cm³/mol. The number of halogens is 2. The molecular formula is C17H25F2NO. The highest BCUT2D eigenvalue weighted by molar-refractivity contribution is 5.18. The Bertz CT molecular complexity index is 433. The highest BCUT2D eigenvalue weighted by atomic mass is 19.2. The van der Waals surface area contributed by atoms with Gasteiger partial charge in [0.2, 0.25) is 0 Å². The van der Waals surface area contributed by atoms with Crippen molar-refractivity contribution in [2.24, 2.45) is 0 Å². The average Bonchev–Trinajstić information content (AvgIpc) is 2.99. The molecule has 1 aliphatic heterocycles. The number of benzene rings is 1. The van der Waals surface area contributed by atoms with Gasteiger partial charge in [0.25, 0.3) is 0 Å². The second-order valence-electron chi connectivity index (χ2n) is 5.82. The van der Waals surface area contributed by atoms with Crippen LogP contribution in [0.2, 0.25) is 0 Å². The van der Waals surface area contributed by atoms with E-state index >= 15 is 0 Å². The average molecular weight is 297 g/mol. The highest BCUT2D eigenvalue weighted by Crippen LogP contribution is 2.19. The van der Waals surface area contributed by atoms with E-state index in [1.807, 2.05) is 0 Å². The zero-order valence-electron chi connectivity index (χ0n) is 12.7. The van der Waals surface area contributed by atoms with Crippen molar-refractivity contribution >= 4 is 0 Å². The first-order valence-electron chi connectivity index (χ1n) is 7.98. The molecule has 1 aromatic rings. The van der Waals surface area contributed by atoms with E-state index in [2.05, 4.69) is 12.2 Å². The number of hydrogen-bond acceptors (Lipinski definition) is 2. The SMILES string of the molecule is CCCNC(CCC1CCCO1)Cc1ccc(F)c(F)c1. The molecule has 0 aromatic heterocycles. The van der Waals surface area contributed by atoms with Crippen molar-refractivity contribution in [3.05, 3.63) is 35.4 Å². The van der Waals surface area contributed by atoms with Gasteiger partial charge in [-0.3, -0.25) is 0 Å². The Hall–Kier alpha value is -1.00. The molecule has 0 aliphatic carbocycles. The molecule has 2 rings (SSSR count). The summed E-state index contributed by atoms with van der Waals surface area (Å²) in [6.45, 7) is 3.95. The van der Waals surface area contributed by atoms with Crippen molar-refractivity contribution in [1.82, 2.24) is 5.32 Å². The van der Waals surface area contributed by atoms with Crippen LogP contribution < -0.4 is 5.32 Å². The lowest BCUT2D eigenvalue weighted by atomic mass is 9.99. The van der Waals surface area contributed by atoms with Gasteiger partial charge < -0.3 is 10.1 Å². The summed E-state index contributed by atoms with van der Waals surface area (Å²) in [6.07, 6.45) is 6.50. The molecule has 1 heterocycles. The number of rotatable bonds is 8. The quantitative estimate of drug-likeness (QED) is 0.787. The van der Waals surface area contributed by atoms with Crippen molar-refractivity contribution in [2.45, 2.75) is 57.6 Å². The predicted octanol–water partition coefficient (Wildman–Crippen LogP) is 3.83. The van der Waals surface area contributed by atoms with E-state index in [9.17, 15) is 8.78 Å². The first-order valence-corrected chi connectivity index (χ1v) is 7.98. The molecule has 2 unspecified atom stereocenters. The van der Waals surface area contributed by atoms with Gasteiger partial charge in [-0.2, -0.15) is 0 Å². The van der Waals surface area contributed by atoms with Crippen LogP contribution in [0.1, 0.15) is 44.6 Å². The molecule has 1 fully saturated rings. The Balaban J connectivity index is 1.89. The molecular weight excluding hydrogens is 272 g/mol. The minimum absolute atomic E-state index is 0.291. The zero-order valence-corrected chi connectivity index (χ0v) is 12.7. The molecule has 0 radical (unpaired) electrons. The van der Waals surface area contributed by atoms with E-state index < -0.39 is 11.6 Å². The zero-order chi connectivity index (χ0) is 15.1. The third kappa shape index (κ3) is 5.36. The van der Waals surface area contributed by atoms with Gasteiger partial charge in [0.1, 0.15) is 0 Å². The molecule has 1 aliphatic rings. The molecule has 0 bridgehead atoms. The van der Waals surface area contributed by atoms with Gasteiger partial charge in [-0.05, 0) is 62.8 Å². The molecule has 0 amide bonds. The van der Waals surface area contributed by atoms with Crippen molar-refractivity contribution < 1.29 is 13.5 Å². The molecule has 1 N–H and O–H groups in total. The standard InChI is InChI=1S/C17H25F2NO/c1-2-9-20-14(6-7-15-4-3-10-21-15)11-13-5-8-16(18)17(19)12-13/h5,8,12,14-15,20H,2-4,6-7,9-11H2,1H3. The van der Waals surface area contributed by atoms with Gasteiger partial charge in [-0.15, -0.1) is 0 Å². The normalized spacial score (nSPS) is 19.9. The maximum absolute atomic E-state index is 13.3. The maximum Gasteiger partial charge on any atom is 0.159 e. The molecule has 4 heteroatoms. The number of hydrogen-bond donors (Lipinski definition) is 1. The van der Waals surface area contributed by atoms with Crippen LogP contribution in [0.3, 0.4) is 0 Å². The Morgan fingerprint density at radius 3 is 2.86 bits per heavy atom. The topological polar surface area (TPSA) is 21.3 Å².